The molecule has 3 aromatic carbocycles. The molecule has 0 spiro atoms. The Labute approximate surface area is 204 Å². The average Bonchev–Trinajstić information content (AvgIpc) is 2.85. The van der Waals surface area contributed by atoms with Crippen molar-refractivity contribution in [2.45, 2.75) is 25.4 Å². The van der Waals surface area contributed by atoms with Crippen molar-refractivity contribution >= 4 is 23.2 Å². The number of aryl methyl sites for hydroxylation is 1. The molecule has 7 heteroatoms. The van der Waals surface area contributed by atoms with Crippen LogP contribution in [0.2, 0.25) is 5.02 Å². The lowest BCUT2D eigenvalue weighted by Gasteiger charge is -2.39. The molecule has 0 aliphatic carbocycles. The predicted molar refractivity (Wildman–Crippen MR) is 132 cm³/mol. The second kappa shape index (κ2) is 11.6. The Morgan fingerprint density at radius 1 is 0.912 bits per heavy atom. The summed E-state index contributed by atoms with van der Waals surface area (Å²) in [5.41, 5.74) is 2.26. The van der Waals surface area contributed by atoms with Gasteiger partial charge in [0.25, 0.3) is 0 Å². The lowest BCUT2D eigenvalue weighted by Crippen LogP contribution is -2.53. The number of hydrogen-bond acceptors (Lipinski definition) is 3. The van der Waals surface area contributed by atoms with Gasteiger partial charge in [-0.25, -0.2) is 8.78 Å². The molecular formula is C27H28ClF2N3O. The Morgan fingerprint density at radius 3 is 2.29 bits per heavy atom. The molecule has 178 valence electrons. The molecule has 1 unspecified atom stereocenters. The van der Waals surface area contributed by atoms with Crippen molar-refractivity contribution in [1.29, 1.82) is 0 Å². The highest BCUT2D eigenvalue weighted by molar-refractivity contribution is 6.31. The van der Waals surface area contributed by atoms with Crippen LogP contribution in [0.3, 0.4) is 0 Å². The second-order valence-corrected chi connectivity index (χ2v) is 8.96. The molecule has 1 fully saturated rings. The SMILES string of the molecule is O=C(Nc1ccc(F)cc1)C(CCc1ccccc1)N1CCN(Cc2c(F)cccc2Cl)CC1. The number of benzene rings is 3. The van der Waals surface area contributed by atoms with Crippen molar-refractivity contribution in [2.24, 2.45) is 0 Å². The van der Waals surface area contributed by atoms with Gasteiger partial charge in [0, 0.05) is 49.0 Å². The lowest BCUT2D eigenvalue weighted by molar-refractivity contribution is -0.122. The fourth-order valence-electron chi connectivity index (χ4n) is 4.33. The van der Waals surface area contributed by atoms with E-state index in [1.165, 1.54) is 23.8 Å². The zero-order chi connectivity index (χ0) is 23.9. The number of rotatable bonds is 8. The summed E-state index contributed by atoms with van der Waals surface area (Å²) in [6, 6.07) is 20.3. The minimum Gasteiger partial charge on any atom is -0.325 e. The third kappa shape index (κ3) is 6.41. The average molecular weight is 484 g/mol. The smallest absolute Gasteiger partial charge is 0.241 e. The van der Waals surface area contributed by atoms with E-state index in [1.54, 1.807) is 24.3 Å². The molecule has 1 N–H and O–H groups in total. The topological polar surface area (TPSA) is 35.6 Å². The maximum absolute atomic E-state index is 14.2. The van der Waals surface area contributed by atoms with Gasteiger partial charge in [-0.3, -0.25) is 14.6 Å². The summed E-state index contributed by atoms with van der Waals surface area (Å²) < 4.78 is 27.5. The highest BCUT2D eigenvalue weighted by Crippen LogP contribution is 2.22. The molecule has 1 heterocycles. The molecule has 34 heavy (non-hydrogen) atoms. The number of carbonyl (C=O) groups excluding carboxylic acids is 1. The molecule has 0 bridgehead atoms. The first-order valence-electron chi connectivity index (χ1n) is 11.5. The largest absolute Gasteiger partial charge is 0.325 e. The van der Waals surface area contributed by atoms with Gasteiger partial charge in [-0.2, -0.15) is 0 Å². The molecule has 1 amide bonds. The normalized spacial score (nSPS) is 15.7. The Balaban J connectivity index is 1.41. The number of nitrogens with zero attached hydrogens (tertiary/aromatic N) is 2. The van der Waals surface area contributed by atoms with Crippen molar-refractivity contribution in [3.63, 3.8) is 0 Å². The van der Waals surface area contributed by atoms with Gasteiger partial charge in [0.1, 0.15) is 11.6 Å². The molecular weight excluding hydrogens is 456 g/mol. The van der Waals surface area contributed by atoms with Crippen molar-refractivity contribution in [3.8, 4) is 0 Å². The third-order valence-corrected chi connectivity index (χ3v) is 6.61. The Kier molecular flexibility index (Phi) is 8.27. The van der Waals surface area contributed by atoms with Gasteiger partial charge >= 0.3 is 0 Å². The van der Waals surface area contributed by atoms with Crippen LogP contribution in [-0.2, 0) is 17.8 Å². The first kappa shape index (κ1) is 24.3. The van der Waals surface area contributed by atoms with Crippen LogP contribution in [0.25, 0.3) is 0 Å². The summed E-state index contributed by atoms with van der Waals surface area (Å²) in [5, 5.41) is 3.37. The number of nitrogens with one attached hydrogen (secondary N) is 1. The molecule has 4 nitrogen and oxygen atoms in total. The van der Waals surface area contributed by atoms with Crippen molar-refractivity contribution < 1.29 is 13.6 Å². The number of carbonyl (C=O) groups is 1. The van der Waals surface area contributed by atoms with E-state index >= 15 is 0 Å². The Morgan fingerprint density at radius 2 is 1.62 bits per heavy atom. The zero-order valence-electron chi connectivity index (χ0n) is 18.9. The number of amides is 1. The van der Waals surface area contributed by atoms with Crippen LogP contribution in [0.15, 0.2) is 72.8 Å². The molecule has 4 rings (SSSR count). The summed E-state index contributed by atoms with van der Waals surface area (Å²) in [7, 11) is 0. The summed E-state index contributed by atoms with van der Waals surface area (Å²) in [6.45, 7) is 3.22. The highest BCUT2D eigenvalue weighted by atomic mass is 35.5. The van der Waals surface area contributed by atoms with Gasteiger partial charge in [-0.05, 0) is 54.8 Å². The van der Waals surface area contributed by atoms with E-state index < -0.39 is 0 Å². The maximum Gasteiger partial charge on any atom is 0.241 e. The molecule has 0 saturated carbocycles. The van der Waals surface area contributed by atoms with E-state index in [4.69, 9.17) is 11.6 Å². The van der Waals surface area contributed by atoms with E-state index in [-0.39, 0.29) is 23.6 Å². The summed E-state index contributed by atoms with van der Waals surface area (Å²) in [4.78, 5) is 17.6. The van der Waals surface area contributed by atoms with Crippen LogP contribution >= 0.6 is 11.6 Å². The number of anilines is 1. The molecule has 1 aliphatic heterocycles. The Bertz CT molecular complexity index is 1070. The van der Waals surface area contributed by atoms with Crippen LogP contribution in [-0.4, -0.2) is 47.9 Å². The van der Waals surface area contributed by atoms with Crippen LogP contribution in [0.4, 0.5) is 14.5 Å². The van der Waals surface area contributed by atoms with E-state index in [0.29, 0.717) is 55.4 Å². The Hall–Kier alpha value is -2.80. The lowest BCUT2D eigenvalue weighted by atomic mass is 10.0. The molecule has 1 atom stereocenters. The molecule has 1 saturated heterocycles. The van der Waals surface area contributed by atoms with Crippen LogP contribution in [0.1, 0.15) is 17.5 Å². The first-order valence-corrected chi connectivity index (χ1v) is 11.9. The minimum atomic E-state index is -0.343. The fourth-order valence-corrected chi connectivity index (χ4v) is 4.55. The highest BCUT2D eigenvalue weighted by Gasteiger charge is 2.29. The quantitative estimate of drug-likeness (QED) is 0.467. The van der Waals surface area contributed by atoms with Crippen LogP contribution in [0, 0.1) is 11.6 Å². The molecule has 0 aromatic heterocycles. The summed E-state index contributed by atoms with van der Waals surface area (Å²) in [5.74, 6) is -0.743. The van der Waals surface area contributed by atoms with E-state index in [0.717, 1.165) is 6.42 Å². The third-order valence-electron chi connectivity index (χ3n) is 6.25. The number of hydrogen-bond donors (Lipinski definition) is 1. The van der Waals surface area contributed by atoms with Gasteiger partial charge in [0.05, 0.1) is 6.04 Å². The molecule has 0 radical (unpaired) electrons. The second-order valence-electron chi connectivity index (χ2n) is 8.55. The van der Waals surface area contributed by atoms with E-state index in [9.17, 15) is 13.6 Å². The monoisotopic (exact) mass is 483 g/mol. The van der Waals surface area contributed by atoms with Crippen molar-refractivity contribution in [3.05, 3.63) is 101 Å². The van der Waals surface area contributed by atoms with Crippen LogP contribution in [0.5, 0.6) is 0 Å². The summed E-state index contributed by atoms with van der Waals surface area (Å²) >= 11 is 6.20. The van der Waals surface area contributed by atoms with Crippen molar-refractivity contribution in [1.82, 2.24) is 9.80 Å². The minimum absolute atomic E-state index is 0.104. The molecule has 3 aromatic rings. The van der Waals surface area contributed by atoms with Crippen molar-refractivity contribution in [2.75, 3.05) is 31.5 Å². The van der Waals surface area contributed by atoms with Crippen LogP contribution < -0.4 is 5.32 Å². The predicted octanol–water partition coefficient (Wildman–Crippen LogP) is 5.38. The summed E-state index contributed by atoms with van der Waals surface area (Å²) in [6.07, 6.45) is 1.43. The maximum atomic E-state index is 14.2. The van der Waals surface area contributed by atoms with Gasteiger partial charge in [-0.15, -0.1) is 0 Å². The number of piperazine rings is 1. The van der Waals surface area contributed by atoms with E-state index in [1.807, 2.05) is 18.2 Å². The fraction of sp³-hybridized carbons (Fsp3) is 0.296. The van der Waals surface area contributed by atoms with Gasteiger partial charge < -0.3 is 5.32 Å². The molecule has 1 aliphatic rings. The first-order chi connectivity index (χ1) is 16.5. The van der Waals surface area contributed by atoms with Gasteiger partial charge in [-0.1, -0.05) is 48.0 Å². The van der Waals surface area contributed by atoms with Gasteiger partial charge in [0.15, 0.2) is 0 Å². The number of halogens is 3. The zero-order valence-corrected chi connectivity index (χ0v) is 19.6. The van der Waals surface area contributed by atoms with E-state index in [2.05, 4.69) is 27.2 Å². The standard InChI is InChI=1S/C27H28ClF2N3O/c28-24-7-4-8-25(30)23(24)19-32-15-17-33(18-16-32)26(14-9-20-5-2-1-3-6-20)27(34)31-22-12-10-21(29)11-13-22/h1-8,10-13,26H,9,14-19H2,(H,31,34). The van der Waals surface area contributed by atoms with Gasteiger partial charge in [0.2, 0.25) is 5.91 Å².